The van der Waals surface area contributed by atoms with E-state index in [2.05, 4.69) is 44.5 Å². The molecule has 0 bridgehead atoms. The summed E-state index contributed by atoms with van der Waals surface area (Å²) in [6, 6.07) is 18.3. The lowest BCUT2D eigenvalue weighted by molar-refractivity contribution is 0.0946. The van der Waals surface area contributed by atoms with Gasteiger partial charge in [0.15, 0.2) is 11.5 Å². The number of carbonyl (C=O) groups excluding carboxylic acids is 1. The van der Waals surface area contributed by atoms with Crippen LogP contribution in [-0.4, -0.2) is 35.6 Å². The van der Waals surface area contributed by atoms with Gasteiger partial charge in [0.2, 0.25) is 0 Å². The predicted molar refractivity (Wildman–Crippen MR) is 135 cm³/mol. The average Bonchev–Trinajstić information content (AvgIpc) is 3.42. The summed E-state index contributed by atoms with van der Waals surface area (Å²) in [5.41, 5.74) is 5.02. The number of benzene rings is 2. The summed E-state index contributed by atoms with van der Waals surface area (Å²) in [7, 11) is 0. The van der Waals surface area contributed by atoms with Crippen LogP contribution >= 0.6 is 11.3 Å². The Morgan fingerprint density at radius 2 is 1.89 bits per heavy atom. The maximum atomic E-state index is 12.7. The molecule has 4 heterocycles. The molecule has 2 aromatic carbocycles. The van der Waals surface area contributed by atoms with Crippen molar-refractivity contribution < 1.29 is 14.3 Å². The van der Waals surface area contributed by atoms with Gasteiger partial charge in [0.05, 0.1) is 0 Å². The third-order valence-electron chi connectivity index (χ3n) is 6.24. The van der Waals surface area contributed by atoms with Crippen LogP contribution in [0.5, 0.6) is 11.5 Å². The molecule has 0 unspecified atom stereocenters. The first-order valence-electron chi connectivity index (χ1n) is 11.6. The molecule has 35 heavy (non-hydrogen) atoms. The lowest BCUT2D eigenvalue weighted by Gasteiger charge is -2.29. The Labute approximate surface area is 207 Å². The fourth-order valence-electron chi connectivity index (χ4n) is 4.36. The number of anilines is 1. The summed E-state index contributed by atoms with van der Waals surface area (Å²) in [6.07, 6.45) is 2.86. The fraction of sp³-hybridized carbons (Fsp3) is 0.222. The van der Waals surface area contributed by atoms with E-state index in [1.165, 1.54) is 22.5 Å². The highest BCUT2D eigenvalue weighted by Crippen LogP contribution is 2.35. The fourth-order valence-corrected chi connectivity index (χ4v) is 5.16. The van der Waals surface area contributed by atoms with Crippen molar-refractivity contribution in [1.29, 1.82) is 0 Å². The normalized spacial score (nSPS) is 14.3. The number of fused-ring (bicyclic) bond motifs is 2. The number of ether oxygens (including phenoxy) is 2. The van der Waals surface area contributed by atoms with Gasteiger partial charge in [-0.25, -0.2) is 9.97 Å². The molecule has 0 aliphatic carbocycles. The van der Waals surface area contributed by atoms with Crippen LogP contribution in [0.3, 0.4) is 0 Å². The average molecular weight is 485 g/mol. The Bertz CT molecular complexity index is 1370. The Morgan fingerprint density at radius 1 is 1.03 bits per heavy atom. The summed E-state index contributed by atoms with van der Waals surface area (Å²) in [6.45, 7) is 3.30. The SMILES string of the molecule is O=C(NCc1ccc(N2CCc3ccccc3C2)nc1)c1csc(-c2ccc3c(c2)OCCO3)n1. The number of amides is 1. The maximum Gasteiger partial charge on any atom is 0.271 e. The van der Waals surface area contributed by atoms with Crippen LogP contribution in [0.1, 0.15) is 27.2 Å². The van der Waals surface area contributed by atoms with Crippen LogP contribution in [0.25, 0.3) is 10.6 Å². The van der Waals surface area contributed by atoms with Gasteiger partial charge in [0.25, 0.3) is 5.91 Å². The summed E-state index contributed by atoms with van der Waals surface area (Å²) >= 11 is 1.43. The molecule has 0 fully saturated rings. The molecule has 0 radical (unpaired) electrons. The van der Waals surface area contributed by atoms with Gasteiger partial charge < -0.3 is 19.7 Å². The minimum atomic E-state index is -0.207. The van der Waals surface area contributed by atoms with E-state index in [-0.39, 0.29) is 5.91 Å². The minimum Gasteiger partial charge on any atom is -0.486 e. The summed E-state index contributed by atoms with van der Waals surface area (Å²) in [5.74, 6) is 2.19. The molecule has 1 N–H and O–H groups in total. The highest BCUT2D eigenvalue weighted by Gasteiger charge is 2.18. The minimum absolute atomic E-state index is 0.207. The van der Waals surface area contributed by atoms with Gasteiger partial charge in [-0.2, -0.15) is 0 Å². The molecule has 0 saturated carbocycles. The van der Waals surface area contributed by atoms with Crippen LogP contribution in [0.4, 0.5) is 5.82 Å². The number of nitrogens with zero attached hydrogens (tertiary/aromatic N) is 3. The largest absolute Gasteiger partial charge is 0.486 e. The summed E-state index contributed by atoms with van der Waals surface area (Å²) < 4.78 is 11.2. The summed E-state index contributed by atoms with van der Waals surface area (Å²) in [4.78, 5) is 24.1. The van der Waals surface area contributed by atoms with E-state index in [0.717, 1.165) is 47.2 Å². The quantitative estimate of drug-likeness (QED) is 0.451. The van der Waals surface area contributed by atoms with E-state index in [1.807, 2.05) is 36.5 Å². The molecule has 2 aliphatic rings. The van der Waals surface area contributed by atoms with Crippen molar-refractivity contribution in [3.05, 3.63) is 88.6 Å². The van der Waals surface area contributed by atoms with E-state index in [9.17, 15) is 4.79 Å². The third kappa shape index (κ3) is 4.57. The molecule has 2 aromatic heterocycles. The van der Waals surface area contributed by atoms with E-state index in [1.54, 1.807) is 5.38 Å². The number of nitrogens with one attached hydrogen (secondary N) is 1. The molecule has 0 saturated heterocycles. The van der Waals surface area contributed by atoms with Crippen molar-refractivity contribution in [2.24, 2.45) is 0 Å². The molecular formula is C27H24N4O3S. The van der Waals surface area contributed by atoms with E-state index in [0.29, 0.717) is 31.2 Å². The standard InChI is InChI=1S/C27H24N4O3S/c32-26(22-17-35-27(30-22)20-6-7-23-24(13-20)34-12-11-33-23)29-15-18-5-8-25(28-14-18)31-10-9-19-3-1-2-4-21(19)16-31/h1-8,13-14,17H,9-12,15-16H2,(H,29,32). The zero-order valence-corrected chi connectivity index (χ0v) is 19.9. The number of pyridine rings is 1. The molecule has 2 aliphatic heterocycles. The van der Waals surface area contributed by atoms with Crippen molar-refractivity contribution in [2.75, 3.05) is 24.7 Å². The van der Waals surface area contributed by atoms with Gasteiger partial charge in [0, 0.05) is 36.8 Å². The molecule has 0 spiro atoms. The van der Waals surface area contributed by atoms with Crippen LogP contribution in [0, 0.1) is 0 Å². The highest BCUT2D eigenvalue weighted by atomic mass is 32.1. The molecular weight excluding hydrogens is 460 g/mol. The number of hydrogen-bond donors (Lipinski definition) is 1. The van der Waals surface area contributed by atoms with E-state index in [4.69, 9.17) is 9.47 Å². The Kier molecular flexibility index (Phi) is 5.79. The van der Waals surface area contributed by atoms with Crippen LogP contribution in [-0.2, 0) is 19.5 Å². The van der Waals surface area contributed by atoms with Crippen LogP contribution in [0.15, 0.2) is 66.2 Å². The number of thiazole rings is 1. The maximum absolute atomic E-state index is 12.7. The first-order valence-corrected chi connectivity index (χ1v) is 12.5. The number of hydrogen-bond acceptors (Lipinski definition) is 7. The second-order valence-corrected chi connectivity index (χ2v) is 9.40. The molecule has 8 heteroatoms. The molecule has 1 amide bonds. The van der Waals surface area contributed by atoms with Gasteiger partial charge in [-0.05, 0) is 47.4 Å². The molecule has 4 aromatic rings. The first-order chi connectivity index (χ1) is 17.2. The number of carbonyl (C=O) groups is 1. The van der Waals surface area contributed by atoms with Gasteiger partial charge >= 0.3 is 0 Å². The zero-order valence-electron chi connectivity index (χ0n) is 19.1. The molecule has 7 nitrogen and oxygen atoms in total. The topological polar surface area (TPSA) is 76.6 Å². The predicted octanol–water partition coefficient (Wildman–Crippen LogP) is 4.47. The van der Waals surface area contributed by atoms with Crippen LogP contribution in [0.2, 0.25) is 0 Å². The van der Waals surface area contributed by atoms with Crippen molar-refractivity contribution in [1.82, 2.24) is 15.3 Å². The van der Waals surface area contributed by atoms with Gasteiger partial charge in [0.1, 0.15) is 29.7 Å². The summed E-state index contributed by atoms with van der Waals surface area (Å²) in [5, 5.41) is 5.49. The van der Waals surface area contributed by atoms with Crippen molar-refractivity contribution in [3.63, 3.8) is 0 Å². The second kappa shape index (κ2) is 9.38. The van der Waals surface area contributed by atoms with Gasteiger partial charge in [-0.1, -0.05) is 30.3 Å². The zero-order chi connectivity index (χ0) is 23.6. The van der Waals surface area contributed by atoms with Crippen molar-refractivity contribution in [3.8, 4) is 22.1 Å². The Hall–Kier alpha value is -3.91. The highest BCUT2D eigenvalue weighted by molar-refractivity contribution is 7.13. The second-order valence-electron chi connectivity index (χ2n) is 8.54. The van der Waals surface area contributed by atoms with E-state index < -0.39 is 0 Å². The molecule has 176 valence electrons. The van der Waals surface area contributed by atoms with E-state index >= 15 is 0 Å². The monoisotopic (exact) mass is 484 g/mol. The Balaban J connectivity index is 1.07. The lowest BCUT2D eigenvalue weighted by Crippen LogP contribution is -2.31. The van der Waals surface area contributed by atoms with Gasteiger partial charge in [-0.15, -0.1) is 11.3 Å². The number of aromatic nitrogens is 2. The lowest BCUT2D eigenvalue weighted by atomic mass is 10.00. The van der Waals surface area contributed by atoms with Crippen molar-refractivity contribution >= 4 is 23.1 Å². The first kappa shape index (κ1) is 21.6. The van der Waals surface area contributed by atoms with Crippen molar-refractivity contribution in [2.45, 2.75) is 19.5 Å². The van der Waals surface area contributed by atoms with Crippen LogP contribution < -0.4 is 19.7 Å². The smallest absolute Gasteiger partial charge is 0.271 e. The van der Waals surface area contributed by atoms with Gasteiger partial charge in [-0.3, -0.25) is 4.79 Å². The molecule has 0 atom stereocenters. The third-order valence-corrected chi connectivity index (χ3v) is 7.13. The molecule has 6 rings (SSSR count). The Morgan fingerprint density at radius 3 is 2.74 bits per heavy atom. The number of rotatable bonds is 5.